The fraction of sp³-hybridized carbons (Fsp3) is 0.500. The van der Waals surface area contributed by atoms with Crippen LogP contribution < -0.4 is 11.1 Å². The molecule has 5 heteroatoms. The van der Waals surface area contributed by atoms with E-state index < -0.39 is 0 Å². The second kappa shape index (κ2) is 8.96. The maximum atomic E-state index is 11.2. The molecule has 0 saturated heterocycles. The predicted octanol–water partition coefficient (Wildman–Crippen LogP) is 1.78. The van der Waals surface area contributed by atoms with Gasteiger partial charge in [0.15, 0.2) is 0 Å². The topological polar surface area (TPSA) is 64.3 Å². The molecule has 1 atom stereocenters. The summed E-state index contributed by atoms with van der Waals surface area (Å²) >= 11 is 1.52. The van der Waals surface area contributed by atoms with Crippen molar-refractivity contribution in [2.45, 2.75) is 30.0 Å². The van der Waals surface area contributed by atoms with E-state index in [0.29, 0.717) is 6.61 Å². The van der Waals surface area contributed by atoms with Gasteiger partial charge in [-0.05, 0) is 24.1 Å². The van der Waals surface area contributed by atoms with Crippen molar-refractivity contribution in [1.29, 1.82) is 0 Å². The fourth-order valence-electron chi connectivity index (χ4n) is 1.60. The van der Waals surface area contributed by atoms with Crippen LogP contribution >= 0.6 is 11.8 Å². The number of rotatable bonds is 9. The first-order valence-electron chi connectivity index (χ1n) is 6.42. The Labute approximate surface area is 119 Å². The third-order valence-electron chi connectivity index (χ3n) is 2.70. The van der Waals surface area contributed by atoms with Crippen LogP contribution in [-0.4, -0.2) is 31.4 Å². The normalized spacial score (nSPS) is 12.3. The number of hydrogen-bond acceptors (Lipinski definition) is 4. The highest BCUT2D eigenvalue weighted by atomic mass is 32.2. The SMILES string of the molecule is CCC(Sc1ccc(CNCCOC)cc1)C(N)=O. The quantitative estimate of drug-likeness (QED) is 0.535. The Balaban J connectivity index is 2.44. The van der Waals surface area contributed by atoms with E-state index in [4.69, 9.17) is 10.5 Å². The Kier molecular flexibility index (Phi) is 7.55. The van der Waals surface area contributed by atoms with Crippen molar-refractivity contribution in [2.75, 3.05) is 20.3 Å². The van der Waals surface area contributed by atoms with Crippen LogP contribution in [0.1, 0.15) is 18.9 Å². The zero-order chi connectivity index (χ0) is 14.1. The molecule has 0 radical (unpaired) electrons. The van der Waals surface area contributed by atoms with Crippen molar-refractivity contribution < 1.29 is 9.53 Å². The first kappa shape index (κ1) is 16.0. The summed E-state index contributed by atoms with van der Waals surface area (Å²) in [5.74, 6) is -0.252. The van der Waals surface area contributed by atoms with Gasteiger partial charge in [-0.1, -0.05) is 19.1 Å². The highest BCUT2D eigenvalue weighted by Gasteiger charge is 2.13. The Hall–Kier alpha value is -1.04. The highest BCUT2D eigenvalue weighted by Crippen LogP contribution is 2.25. The van der Waals surface area contributed by atoms with Crippen molar-refractivity contribution in [3.63, 3.8) is 0 Å². The molecule has 106 valence electrons. The van der Waals surface area contributed by atoms with E-state index in [2.05, 4.69) is 17.4 Å². The standard InChI is InChI=1S/C14H22N2O2S/c1-3-13(14(15)17)19-12-6-4-11(5-7-12)10-16-8-9-18-2/h4-7,13,16H,3,8-10H2,1-2H3,(H2,15,17). The van der Waals surface area contributed by atoms with Gasteiger partial charge in [0.1, 0.15) is 0 Å². The molecule has 1 rings (SSSR count). The van der Waals surface area contributed by atoms with Gasteiger partial charge in [-0.25, -0.2) is 0 Å². The van der Waals surface area contributed by atoms with E-state index in [1.807, 2.05) is 19.1 Å². The summed E-state index contributed by atoms with van der Waals surface area (Å²) in [5, 5.41) is 3.14. The number of thioether (sulfide) groups is 1. The Morgan fingerprint density at radius 2 is 2.11 bits per heavy atom. The number of nitrogens with two attached hydrogens (primary N) is 1. The average molecular weight is 282 g/mol. The predicted molar refractivity (Wildman–Crippen MR) is 79.2 cm³/mol. The summed E-state index contributed by atoms with van der Waals surface area (Å²) in [6.45, 7) is 4.34. The first-order valence-corrected chi connectivity index (χ1v) is 7.30. The molecular formula is C14H22N2O2S. The molecule has 0 aliphatic rings. The molecule has 0 aliphatic carbocycles. The Morgan fingerprint density at radius 3 is 2.63 bits per heavy atom. The van der Waals surface area contributed by atoms with Gasteiger partial charge in [-0.15, -0.1) is 11.8 Å². The molecule has 1 aromatic rings. The lowest BCUT2D eigenvalue weighted by atomic mass is 10.2. The van der Waals surface area contributed by atoms with Gasteiger partial charge in [0.05, 0.1) is 11.9 Å². The van der Waals surface area contributed by atoms with Gasteiger partial charge in [-0.3, -0.25) is 4.79 Å². The molecule has 3 N–H and O–H groups in total. The van der Waals surface area contributed by atoms with Crippen LogP contribution in [0.25, 0.3) is 0 Å². The molecular weight excluding hydrogens is 260 g/mol. The van der Waals surface area contributed by atoms with Gasteiger partial charge in [0.25, 0.3) is 0 Å². The van der Waals surface area contributed by atoms with Gasteiger partial charge >= 0.3 is 0 Å². The molecule has 0 fully saturated rings. The number of nitrogens with one attached hydrogen (secondary N) is 1. The fourth-order valence-corrected chi connectivity index (χ4v) is 2.50. The minimum Gasteiger partial charge on any atom is -0.383 e. The molecule has 0 spiro atoms. The van der Waals surface area contributed by atoms with Crippen LogP contribution in [0.2, 0.25) is 0 Å². The van der Waals surface area contributed by atoms with Gasteiger partial charge in [-0.2, -0.15) is 0 Å². The number of amides is 1. The summed E-state index contributed by atoms with van der Waals surface area (Å²) in [4.78, 5) is 12.3. The lowest BCUT2D eigenvalue weighted by Gasteiger charge is -2.11. The van der Waals surface area contributed by atoms with Crippen molar-refractivity contribution in [3.8, 4) is 0 Å². The molecule has 1 amide bonds. The zero-order valence-electron chi connectivity index (χ0n) is 11.5. The van der Waals surface area contributed by atoms with Crippen LogP contribution in [0.3, 0.4) is 0 Å². The summed E-state index contributed by atoms with van der Waals surface area (Å²) in [7, 11) is 1.69. The zero-order valence-corrected chi connectivity index (χ0v) is 12.3. The summed E-state index contributed by atoms with van der Waals surface area (Å²) in [5.41, 5.74) is 6.55. The second-order valence-corrected chi connectivity index (χ2v) is 5.51. The van der Waals surface area contributed by atoms with Crippen LogP contribution in [0, 0.1) is 0 Å². The minimum atomic E-state index is -0.252. The smallest absolute Gasteiger partial charge is 0.230 e. The van der Waals surface area contributed by atoms with E-state index >= 15 is 0 Å². The molecule has 0 aromatic heterocycles. The molecule has 0 bridgehead atoms. The van der Waals surface area contributed by atoms with Crippen LogP contribution in [0.4, 0.5) is 0 Å². The molecule has 0 heterocycles. The van der Waals surface area contributed by atoms with Gasteiger partial charge in [0, 0.05) is 25.1 Å². The number of carbonyl (C=O) groups is 1. The van der Waals surface area contributed by atoms with Gasteiger partial charge < -0.3 is 15.8 Å². The number of methoxy groups -OCH3 is 1. The van der Waals surface area contributed by atoms with E-state index in [1.165, 1.54) is 17.3 Å². The lowest BCUT2D eigenvalue weighted by Crippen LogP contribution is -2.24. The number of carbonyl (C=O) groups excluding carboxylic acids is 1. The molecule has 0 aliphatic heterocycles. The molecule has 0 saturated carbocycles. The maximum Gasteiger partial charge on any atom is 0.230 e. The van der Waals surface area contributed by atoms with Crippen molar-refractivity contribution in [1.82, 2.24) is 5.32 Å². The van der Waals surface area contributed by atoms with Crippen LogP contribution in [0.5, 0.6) is 0 Å². The van der Waals surface area contributed by atoms with Crippen LogP contribution in [0.15, 0.2) is 29.2 Å². The van der Waals surface area contributed by atoms with Gasteiger partial charge in [0.2, 0.25) is 5.91 Å². The van der Waals surface area contributed by atoms with E-state index in [-0.39, 0.29) is 11.2 Å². The van der Waals surface area contributed by atoms with E-state index in [9.17, 15) is 4.79 Å². The number of hydrogen-bond donors (Lipinski definition) is 2. The second-order valence-electron chi connectivity index (χ2n) is 4.23. The van der Waals surface area contributed by atoms with Crippen molar-refractivity contribution in [2.24, 2.45) is 5.73 Å². The average Bonchev–Trinajstić information content (AvgIpc) is 2.42. The van der Waals surface area contributed by atoms with Crippen molar-refractivity contribution >= 4 is 17.7 Å². The lowest BCUT2D eigenvalue weighted by molar-refractivity contribution is -0.117. The minimum absolute atomic E-state index is 0.148. The summed E-state index contributed by atoms with van der Waals surface area (Å²) in [6.07, 6.45) is 0.750. The van der Waals surface area contributed by atoms with E-state index in [0.717, 1.165) is 24.4 Å². The molecule has 1 unspecified atom stereocenters. The number of primary amides is 1. The maximum absolute atomic E-state index is 11.2. The third-order valence-corrected chi connectivity index (χ3v) is 4.10. The largest absolute Gasteiger partial charge is 0.383 e. The summed E-state index contributed by atoms with van der Waals surface area (Å²) in [6, 6.07) is 8.19. The van der Waals surface area contributed by atoms with Crippen molar-refractivity contribution in [3.05, 3.63) is 29.8 Å². The number of benzene rings is 1. The Bertz CT molecular complexity index is 382. The number of ether oxygens (including phenoxy) is 1. The third kappa shape index (κ3) is 6.09. The van der Waals surface area contributed by atoms with Crippen LogP contribution in [-0.2, 0) is 16.1 Å². The monoisotopic (exact) mass is 282 g/mol. The molecule has 1 aromatic carbocycles. The molecule has 4 nitrogen and oxygen atoms in total. The summed E-state index contributed by atoms with van der Waals surface area (Å²) < 4.78 is 4.97. The first-order chi connectivity index (χ1) is 9.17. The molecule has 19 heavy (non-hydrogen) atoms. The highest BCUT2D eigenvalue weighted by molar-refractivity contribution is 8.00. The Morgan fingerprint density at radius 1 is 1.42 bits per heavy atom. The van der Waals surface area contributed by atoms with E-state index in [1.54, 1.807) is 7.11 Å².